The van der Waals surface area contributed by atoms with Gasteiger partial charge in [-0.1, -0.05) is 0 Å². The van der Waals surface area contributed by atoms with E-state index in [1.54, 1.807) is 30.3 Å². The van der Waals surface area contributed by atoms with E-state index >= 15 is 0 Å². The number of imidazole rings is 1. The lowest BCUT2D eigenvalue weighted by Crippen LogP contribution is -2.18. The Balaban J connectivity index is 1.90. The molecule has 120 valence electrons. The lowest BCUT2D eigenvalue weighted by molar-refractivity contribution is 0.0697. The second-order valence-electron chi connectivity index (χ2n) is 5.61. The van der Waals surface area contributed by atoms with Crippen molar-refractivity contribution in [1.82, 2.24) is 9.55 Å². The Morgan fingerprint density at radius 2 is 2.00 bits per heavy atom. The Labute approximate surface area is 139 Å². The quantitative estimate of drug-likeness (QED) is 0.799. The molecule has 0 aliphatic carbocycles. The van der Waals surface area contributed by atoms with Crippen molar-refractivity contribution in [2.45, 2.75) is 6.54 Å². The van der Waals surface area contributed by atoms with Crippen LogP contribution in [0.15, 0.2) is 42.5 Å². The molecule has 1 N–H and O–H groups in total. The summed E-state index contributed by atoms with van der Waals surface area (Å²) in [5, 5.41) is 18.0. The number of carboxylic acids is 1. The zero-order valence-electron chi connectivity index (χ0n) is 13.4. The van der Waals surface area contributed by atoms with Gasteiger partial charge in [-0.15, -0.1) is 0 Å². The third-order valence-corrected chi connectivity index (χ3v) is 4.04. The number of nitriles is 1. The molecule has 0 aliphatic heterocycles. The molecule has 6 heteroatoms. The van der Waals surface area contributed by atoms with Crippen molar-refractivity contribution in [3.05, 3.63) is 59.4 Å². The molecule has 3 rings (SSSR count). The van der Waals surface area contributed by atoms with E-state index in [0.717, 1.165) is 17.0 Å². The maximum absolute atomic E-state index is 11.1. The second-order valence-corrected chi connectivity index (χ2v) is 5.61. The van der Waals surface area contributed by atoms with Crippen LogP contribution in [0.5, 0.6) is 0 Å². The fourth-order valence-corrected chi connectivity index (χ4v) is 2.62. The van der Waals surface area contributed by atoms with Crippen molar-refractivity contribution in [2.75, 3.05) is 11.9 Å². The minimum Gasteiger partial charge on any atom is -0.478 e. The SMILES string of the molecule is CN(Cc1nc2cc(C(=O)O)ccc2n1C)c1ccc(C#N)cc1. The predicted molar refractivity (Wildman–Crippen MR) is 90.9 cm³/mol. The summed E-state index contributed by atoms with van der Waals surface area (Å²) >= 11 is 0. The van der Waals surface area contributed by atoms with Gasteiger partial charge in [0.1, 0.15) is 5.82 Å². The minimum absolute atomic E-state index is 0.229. The first-order valence-corrected chi connectivity index (χ1v) is 7.39. The summed E-state index contributed by atoms with van der Waals surface area (Å²) in [6.07, 6.45) is 0. The highest BCUT2D eigenvalue weighted by Gasteiger charge is 2.12. The molecule has 0 spiro atoms. The van der Waals surface area contributed by atoms with Crippen molar-refractivity contribution >= 4 is 22.7 Å². The molecule has 1 heterocycles. The smallest absolute Gasteiger partial charge is 0.335 e. The monoisotopic (exact) mass is 320 g/mol. The Morgan fingerprint density at radius 3 is 2.62 bits per heavy atom. The van der Waals surface area contributed by atoms with Crippen LogP contribution >= 0.6 is 0 Å². The van der Waals surface area contributed by atoms with Gasteiger partial charge >= 0.3 is 5.97 Å². The molecule has 2 aromatic carbocycles. The highest BCUT2D eigenvalue weighted by molar-refractivity contribution is 5.92. The van der Waals surface area contributed by atoms with Crippen molar-refractivity contribution < 1.29 is 9.90 Å². The Morgan fingerprint density at radius 1 is 1.29 bits per heavy atom. The maximum Gasteiger partial charge on any atom is 0.335 e. The van der Waals surface area contributed by atoms with Gasteiger partial charge in [0.15, 0.2) is 0 Å². The summed E-state index contributed by atoms with van der Waals surface area (Å²) in [5.74, 6) is -0.127. The van der Waals surface area contributed by atoms with Gasteiger partial charge in [-0.05, 0) is 42.5 Å². The average molecular weight is 320 g/mol. The maximum atomic E-state index is 11.1. The van der Waals surface area contributed by atoms with Gasteiger partial charge in [0.05, 0.1) is 34.8 Å². The number of hydrogen-bond donors (Lipinski definition) is 1. The zero-order valence-corrected chi connectivity index (χ0v) is 13.4. The van der Waals surface area contributed by atoms with Gasteiger partial charge in [-0.2, -0.15) is 5.26 Å². The lowest BCUT2D eigenvalue weighted by atomic mass is 10.2. The van der Waals surface area contributed by atoms with Crippen LogP contribution < -0.4 is 4.90 Å². The van der Waals surface area contributed by atoms with Crippen molar-refractivity contribution in [2.24, 2.45) is 7.05 Å². The van der Waals surface area contributed by atoms with E-state index in [1.807, 2.05) is 35.7 Å². The Bertz CT molecular complexity index is 952. The summed E-state index contributed by atoms with van der Waals surface area (Å²) < 4.78 is 1.96. The van der Waals surface area contributed by atoms with E-state index in [4.69, 9.17) is 10.4 Å². The summed E-state index contributed by atoms with van der Waals surface area (Å²) in [6, 6.07) is 14.4. The van der Waals surface area contributed by atoms with E-state index in [9.17, 15) is 4.79 Å². The van der Waals surface area contributed by atoms with E-state index in [-0.39, 0.29) is 5.56 Å². The van der Waals surface area contributed by atoms with Gasteiger partial charge in [0, 0.05) is 19.8 Å². The molecule has 0 unspecified atom stereocenters. The standard InChI is InChI=1S/C18H16N4O2/c1-21(14-6-3-12(10-19)4-7-14)11-17-20-15-9-13(18(23)24)5-8-16(15)22(17)2/h3-9H,11H2,1-2H3,(H,23,24). The topological polar surface area (TPSA) is 82.2 Å². The normalized spacial score (nSPS) is 10.5. The number of anilines is 1. The van der Waals surface area contributed by atoms with Crippen LogP contribution in [0.2, 0.25) is 0 Å². The molecule has 0 aliphatic rings. The van der Waals surface area contributed by atoms with Crippen molar-refractivity contribution in [3.63, 3.8) is 0 Å². The average Bonchev–Trinajstić information content (AvgIpc) is 2.90. The number of benzene rings is 2. The predicted octanol–water partition coefficient (Wildman–Crippen LogP) is 2.78. The third kappa shape index (κ3) is 2.79. The van der Waals surface area contributed by atoms with Crippen molar-refractivity contribution in [3.8, 4) is 6.07 Å². The van der Waals surface area contributed by atoms with Gasteiger partial charge in [-0.25, -0.2) is 9.78 Å². The minimum atomic E-state index is -0.959. The molecule has 24 heavy (non-hydrogen) atoms. The van der Waals surface area contributed by atoms with Gasteiger partial charge in [0.2, 0.25) is 0 Å². The fraction of sp³-hybridized carbons (Fsp3) is 0.167. The fourth-order valence-electron chi connectivity index (χ4n) is 2.62. The van der Waals surface area contributed by atoms with Gasteiger partial charge < -0.3 is 14.6 Å². The summed E-state index contributed by atoms with van der Waals surface area (Å²) in [5.41, 5.74) is 3.39. The highest BCUT2D eigenvalue weighted by atomic mass is 16.4. The van der Waals surface area contributed by atoms with Crippen LogP contribution in [0.1, 0.15) is 21.7 Å². The van der Waals surface area contributed by atoms with E-state index in [1.165, 1.54) is 0 Å². The Hall–Kier alpha value is -3.33. The number of fused-ring (bicyclic) bond motifs is 1. The van der Waals surface area contributed by atoms with E-state index in [2.05, 4.69) is 11.1 Å². The molecule has 0 saturated heterocycles. The number of rotatable bonds is 4. The molecule has 0 fully saturated rings. The number of aromatic nitrogens is 2. The van der Waals surface area contributed by atoms with Crippen LogP contribution in [0.3, 0.4) is 0 Å². The molecule has 0 radical (unpaired) electrons. The summed E-state index contributed by atoms with van der Waals surface area (Å²) in [4.78, 5) is 17.7. The first-order chi connectivity index (χ1) is 11.5. The van der Waals surface area contributed by atoms with Crippen LogP contribution in [0.25, 0.3) is 11.0 Å². The largest absolute Gasteiger partial charge is 0.478 e. The molecule has 1 aromatic heterocycles. The second kappa shape index (κ2) is 6.05. The summed E-state index contributed by atoms with van der Waals surface area (Å²) in [6.45, 7) is 0.569. The molecule has 6 nitrogen and oxygen atoms in total. The molecular weight excluding hydrogens is 304 g/mol. The number of carboxylic acid groups (broad SMARTS) is 1. The zero-order chi connectivity index (χ0) is 17.3. The molecular formula is C18H16N4O2. The molecule has 0 atom stereocenters. The van der Waals surface area contributed by atoms with Gasteiger partial charge in [0.25, 0.3) is 0 Å². The molecule has 0 amide bonds. The number of aromatic carboxylic acids is 1. The Kier molecular flexibility index (Phi) is 3.92. The first-order valence-electron chi connectivity index (χ1n) is 7.39. The summed E-state index contributed by atoms with van der Waals surface area (Å²) in [7, 11) is 3.86. The number of carbonyl (C=O) groups is 1. The number of hydrogen-bond acceptors (Lipinski definition) is 4. The highest BCUT2D eigenvalue weighted by Crippen LogP contribution is 2.20. The van der Waals surface area contributed by atoms with E-state index in [0.29, 0.717) is 17.6 Å². The van der Waals surface area contributed by atoms with Crippen molar-refractivity contribution in [1.29, 1.82) is 5.26 Å². The van der Waals surface area contributed by atoms with Crippen LogP contribution in [-0.4, -0.2) is 27.7 Å². The molecule has 3 aromatic rings. The first kappa shape index (κ1) is 15.6. The van der Waals surface area contributed by atoms with Gasteiger partial charge in [-0.3, -0.25) is 0 Å². The van der Waals surface area contributed by atoms with Crippen LogP contribution in [0.4, 0.5) is 5.69 Å². The third-order valence-electron chi connectivity index (χ3n) is 4.04. The lowest BCUT2D eigenvalue weighted by Gasteiger charge is -2.19. The number of nitrogens with zero attached hydrogens (tertiary/aromatic N) is 4. The number of aryl methyl sites for hydroxylation is 1. The van der Waals surface area contributed by atoms with Crippen LogP contribution in [0, 0.1) is 11.3 Å². The van der Waals surface area contributed by atoms with Crippen LogP contribution in [-0.2, 0) is 13.6 Å². The van der Waals surface area contributed by atoms with E-state index < -0.39 is 5.97 Å². The molecule has 0 bridgehead atoms. The molecule has 0 saturated carbocycles.